The van der Waals surface area contributed by atoms with Crippen LogP contribution in [0.4, 0.5) is 8.78 Å². The number of aromatic nitrogens is 2. The molecule has 2 aromatic rings. The van der Waals surface area contributed by atoms with Gasteiger partial charge in [0.25, 0.3) is 0 Å². The Morgan fingerprint density at radius 1 is 1.31 bits per heavy atom. The predicted molar refractivity (Wildman–Crippen MR) is 108 cm³/mol. The van der Waals surface area contributed by atoms with Gasteiger partial charge in [0.1, 0.15) is 17.7 Å². The minimum Gasteiger partial charge on any atom is -0.489 e. The summed E-state index contributed by atoms with van der Waals surface area (Å²) >= 11 is 0. The average molecular weight is 479 g/mol. The van der Waals surface area contributed by atoms with Gasteiger partial charge < -0.3 is 15.4 Å². The van der Waals surface area contributed by atoms with E-state index >= 15 is 0 Å². The van der Waals surface area contributed by atoms with E-state index in [9.17, 15) is 8.78 Å². The molecule has 0 aliphatic carbocycles. The number of aryl methyl sites for hydroxylation is 1. The summed E-state index contributed by atoms with van der Waals surface area (Å²) in [6.07, 6.45) is 2.50. The normalized spacial score (nSPS) is 12.5. The van der Waals surface area contributed by atoms with Gasteiger partial charge in [-0.1, -0.05) is 18.2 Å². The van der Waals surface area contributed by atoms with E-state index in [1.54, 1.807) is 7.05 Å². The number of nitrogens with one attached hydrogen (secondary N) is 2. The van der Waals surface area contributed by atoms with Gasteiger partial charge in [-0.05, 0) is 25.5 Å². The van der Waals surface area contributed by atoms with Crippen LogP contribution in [0.3, 0.4) is 0 Å². The smallest absolute Gasteiger partial charge is 0.319 e. The molecule has 1 unspecified atom stereocenters. The number of halogens is 3. The first kappa shape index (κ1) is 22.1. The van der Waals surface area contributed by atoms with Crippen molar-refractivity contribution in [3.8, 4) is 5.75 Å². The van der Waals surface area contributed by atoms with Gasteiger partial charge in [-0.15, -0.1) is 24.0 Å². The highest BCUT2D eigenvalue weighted by molar-refractivity contribution is 14.0. The molecule has 26 heavy (non-hydrogen) atoms. The summed E-state index contributed by atoms with van der Waals surface area (Å²) in [5.41, 5.74) is 1.07. The second-order valence-corrected chi connectivity index (χ2v) is 5.53. The maximum Gasteiger partial charge on any atom is 0.319 e. The van der Waals surface area contributed by atoms with Crippen molar-refractivity contribution >= 4 is 29.9 Å². The van der Waals surface area contributed by atoms with Gasteiger partial charge in [0, 0.05) is 19.4 Å². The van der Waals surface area contributed by atoms with Crippen molar-refractivity contribution in [3.05, 3.63) is 48.0 Å². The molecule has 2 N–H and O–H groups in total. The first-order chi connectivity index (χ1) is 12.0. The lowest BCUT2D eigenvalue weighted by molar-refractivity contribution is 0.0668. The third kappa shape index (κ3) is 6.43. The molecule has 2 rings (SSSR count). The van der Waals surface area contributed by atoms with E-state index in [0.29, 0.717) is 12.5 Å². The van der Waals surface area contributed by atoms with Crippen LogP contribution >= 0.6 is 24.0 Å². The number of ether oxygens (including phenoxy) is 1. The number of hydrogen-bond acceptors (Lipinski definition) is 3. The number of alkyl halides is 2. The van der Waals surface area contributed by atoms with Crippen molar-refractivity contribution in [3.63, 3.8) is 0 Å². The second kappa shape index (κ2) is 10.9. The molecule has 1 heterocycles. The lowest BCUT2D eigenvalue weighted by atomic mass is 10.2. The molecule has 0 saturated carbocycles. The minimum absolute atomic E-state index is 0. The number of para-hydroxylation sites is 1. The van der Waals surface area contributed by atoms with Crippen LogP contribution in [0.15, 0.2) is 41.7 Å². The van der Waals surface area contributed by atoms with Crippen LogP contribution in [-0.4, -0.2) is 35.2 Å². The van der Waals surface area contributed by atoms with Crippen LogP contribution in [0.25, 0.3) is 0 Å². The Hall–Kier alpha value is -1.91. The van der Waals surface area contributed by atoms with E-state index in [2.05, 4.69) is 20.6 Å². The molecule has 1 aromatic heterocycles. The van der Waals surface area contributed by atoms with Gasteiger partial charge in [-0.3, -0.25) is 9.56 Å². The average Bonchev–Trinajstić information content (AvgIpc) is 3.06. The lowest BCUT2D eigenvalue weighted by Crippen LogP contribution is -2.41. The highest BCUT2D eigenvalue weighted by Crippen LogP contribution is 2.17. The van der Waals surface area contributed by atoms with Crippen molar-refractivity contribution in [1.29, 1.82) is 0 Å². The molecule has 0 aliphatic rings. The quantitative estimate of drug-likeness (QED) is 0.364. The van der Waals surface area contributed by atoms with Crippen LogP contribution in [-0.2, 0) is 6.54 Å². The Morgan fingerprint density at radius 2 is 2.04 bits per heavy atom. The number of hydrogen-bond donors (Lipinski definition) is 2. The molecule has 0 spiro atoms. The predicted octanol–water partition coefficient (Wildman–Crippen LogP) is 3.34. The van der Waals surface area contributed by atoms with E-state index in [4.69, 9.17) is 4.74 Å². The first-order valence-corrected chi connectivity index (χ1v) is 7.98. The largest absolute Gasteiger partial charge is 0.489 e. The molecule has 0 saturated heterocycles. The molecule has 1 aromatic carbocycles. The summed E-state index contributed by atoms with van der Waals surface area (Å²) in [5.74, 6) is 1.56. The molecule has 0 fully saturated rings. The molecule has 0 radical (unpaired) electrons. The zero-order valence-electron chi connectivity index (χ0n) is 14.9. The maximum atomic E-state index is 12.8. The summed E-state index contributed by atoms with van der Waals surface area (Å²) in [4.78, 5) is 7.99. The van der Waals surface area contributed by atoms with Gasteiger partial charge in [0.05, 0.1) is 13.1 Å². The van der Waals surface area contributed by atoms with E-state index in [1.165, 1.54) is 12.4 Å². The zero-order valence-corrected chi connectivity index (χ0v) is 17.3. The summed E-state index contributed by atoms with van der Waals surface area (Å²) < 4.78 is 32.3. The standard InChI is InChI=1S/C17H23F2N5O.HI/c1-12-6-4-5-7-14(12)25-13(2)10-22-17(20-3)23-11-15-21-8-9-24(15)16(18)19;/h4-9,13,16H,10-11H2,1-3H3,(H2,20,22,23);1H. The Kier molecular flexibility index (Phi) is 9.31. The number of rotatable bonds is 7. The molecule has 144 valence electrons. The topological polar surface area (TPSA) is 63.5 Å². The Bertz CT molecular complexity index is 708. The van der Waals surface area contributed by atoms with E-state index < -0.39 is 6.55 Å². The van der Waals surface area contributed by atoms with E-state index in [0.717, 1.165) is 15.9 Å². The van der Waals surface area contributed by atoms with Crippen molar-refractivity contribution in [2.75, 3.05) is 13.6 Å². The molecule has 0 amide bonds. The highest BCUT2D eigenvalue weighted by atomic mass is 127. The minimum atomic E-state index is -2.61. The molecule has 0 bridgehead atoms. The fraction of sp³-hybridized carbons (Fsp3) is 0.412. The van der Waals surface area contributed by atoms with E-state index in [-0.39, 0.29) is 42.4 Å². The molecule has 6 nitrogen and oxygen atoms in total. The van der Waals surface area contributed by atoms with Gasteiger partial charge in [-0.25, -0.2) is 4.98 Å². The van der Waals surface area contributed by atoms with Crippen LogP contribution in [0.1, 0.15) is 24.9 Å². The third-order valence-electron chi connectivity index (χ3n) is 3.58. The Balaban J connectivity index is 0.00000338. The van der Waals surface area contributed by atoms with Crippen molar-refractivity contribution in [1.82, 2.24) is 20.2 Å². The van der Waals surface area contributed by atoms with Crippen LogP contribution in [0, 0.1) is 6.92 Å². The summed E-state index contributed by atoms with van der Waals surface area (Å²) in [7, 11) is 1.61. The molecular formula is C17H24F2IN5O. The Labute approximate surface area is 169 Å². The number of benzene rings is 1. The fourth-order valence-corrected chi connectivity index (χ4v) is 2.23. The van der Waals surface area contributed by atoms with Crippen LogP contribution in [0.5, 0.6) is 5.75 Å². The number of guanidine groups is 1. The van der Waals surface area contributed by atoms with Crippen LogP contribution < -0.4 is 15.4 Å². The summed E-state index contributed by atoms with van der Waals surface area (Å²) in [5, 5.41) is 6.07. The number of aliphatic imine (C=N–C) groups is 1. The van der Waals surface area contributed by atoms with Crippen molar-refractivity contribution in [2.24, 2.45) is 4.99 Å². The Morgan fingerprint density at radius 3 is 2.69 bits per heavy atom. The highest BCUT2D eigenvalue weighted by Gasteiger charge is 2.12. The zero-order chi connectivity index (χ0) is 18.2. The lowest BCUT2D eigenvalue weighted by Gasteiger charge is -2.18. The molecule has 9 heteroatoms. The SMILES string of the molecule is CN=C(NCc1nccn1C(F)F)NCC(C)Oc1ccccc1C.I. The molecule has 0 aliphatic heterocycles. The maximum absolute atomic E-state index is 12.8. The van der Waals surface area contributed by atoms with Gasteiger partial charge in [0.15, 0.2) is 5.96 Å². The summed E-state index contributed by atoms with van der Waals surface area (Å²) in [6.45, 7) is 1.97. The second-order valence-electron chi connectivity index (χ2n) is 5.53. The monoisotopic (exact) mass is 479 g/mol. The fourth-order valence-electron chi connectivity index (χ4n) is 2.23. The molecular weight excluding hydrogens is 455 g/mol. The molecule has 1 atom stereocenters. The number of nitrogens with zero attached hydrogens (tertiary/aromatic N) is 3. The van der Waals surface area contributed by atoms with Gasteiger partial charge in [0.2, 0.25) is 0 Å². The third-order valence-corrected chi connectivity index (χ3v) is 3.58. The number of imidazole rings is 1. The first-order valence-electron chi connectivity index (χ1n) is 7.98. The summed E-state index contributed by atoms with van der Waals surface area (Å²) in [6, 6.07) is 7.79. The van der Waals surface area contributed by atoms with E-state index in [1.807, 2.05) is 38.1 Å². The van der Waals surface area contributed by atoms with Crippen LogP contribution in [0.2, 0.25) is 0 Å². The van der Waals surface area contributed by atoms with Crippen molar-refractivity contribution < 1.29 is 13.5 Å². The van der Waals surface area contributed by atoms with Gasteiger partial charge >= 0.3 is 6.55 Å². The van der Waals surface area contributed by atoms with Crippen molar-refractivity contribution in [2.45, 2.75) is 33.0 Å². The van der Waals surface area contributed by atoms with Gasteiger partial charge in [-0.2, -0.15) is 8.78 Å².